The van der Waals surface area contributed by atoms with Gasteiger partial charge in [-0.15, -0.1) is 0 Å². The van der Waals surface area contributed by atoms with Gasteiger partial charge in [-0.2, -0.15) is 0 Å². The van der Waals surface area contributed by atoms with Crippen molar-refractivity contribution in [3.05, 3.63) is 0 Å². The van der Waals surface area contributed by atoms with Gasteiger partial charge in [0.05, 0.1) is 0 Å². The van der Waals surface area contributed by atoms with Crippen LogP contribution in [0.15, 0.2) is 0 Å². The monoisotopic (exact) mass is 168 g/mol. The van der Waals surface area contributed by atoms with Crippen molar-refractivity contribution in [2.24, 2.45) is 0 Å². The topological polar surface area (TPSA) is 24.1 Å². The smallest absolute Gasteiger partial charge is 0.00681 e. The molecule has 0 aromatic rings. The lowest BCUT2D eigenvalue weighted by molar-refractivity contribution is 0.467. The highest BCUT2D eigenvalue weighted by atomic mass is 15.0. The summed E-state index contributed by atoms with van der Waals surface area (Å²) in [6.07, 6.45) is 8.38. The standard InChI is InChI=1S/C10H20N2/c1-3-9(11-7-1)5-6-10-4-2-8-12-10/h9-12H,1-8H2/t9-,10+. The van der Waals surface area contributed by atoms with E-state index in [1.807, 2.05) is 0 Å². The molecule has 0 amide bonds. The third kappa shape index (κ3) is 2.20. The Morgan fingerprint density at radius 3 is 1.67 bits per heavy atom. The maximum atomic E-state index is 3.55. The van der Waals surface area contributed by atoms with Crippen molar-refractivity contribution in [2.75, 3.05) is 13.1 Å². The van der Waals surface area contributed by atoms with E-state index in [0.29, 0.717) is 0 Å². The maximum absolute atomic E-state index is 3.55. The highest BCUT2D eigenvalue weighted by Gasteiger charge is 2.18. The second-order valence-corrected chi connectivity index (χ2v) is 4.16. The lowest BCUT2D eigenvalue weighted by Gasteiger charge is -2.13. The van der Waals surface area contributed by atoms with Crippen LogP contribution in [0.1, 0.15) is 38.5 Å². The lowest BCUT2D eigenvalue weighted by Crippen LogP contribution is -2.26. The van der Waals surface area contributed by atoms with Crippen molar-refractivity contribution in [3.8, 4) is 0 Å². The van der Waals surface area contributed by atoms with Crippen molar-refractivity contribution in [1.82, 2.24) is 10.6 Å². The summed E-state index contributed by atoms with van der Waals surface area (Å²) in [4.78, 5) is 0. The molecule has 2 aliphatic rings. The second-order valence-electron chi connectivity index (χ2n) is 4.16. The van der Waals surface area contributed by atoms with Gasteiger partial charge in [-0.05, 0) is 51.6 Å². The Hall–Kier alpha value is -0.0800. The minimum absolute atomic E-state index is 0.840. The molecule has 0 bridgehead atoms. The van der Waals surface area contributed by atoms with Gasteiger partial charge >= 0.3 is 0 Å². The molecule has 0 aromatic carbocycles. The summed E-state index contributed by atoms with van der Waals surface area (Å²) in [6, 6.07) is 1.68. The Morgan fingerprint density at radius 2 is 1.33 bits per heavy atom. The molecule has 2 rings (SSSR count). The van der Waals surface area contributed by atoms with E-state index < -0.39 is 0 Å². The van der Waals surface area contributed by atoms with E-state index in [4.69, 9.17) is 0 Å². The molecule has 0 aromatic heterocycles. The van der Waals surface area contributed by atoms with E-state index in [1.54, 1.807) is 0 Å². The summed E-state index contributed by atoms with van der Waals surface area (Å²) in [5.74, 6) is 0. The normalized spacial score (nSPS) is 36.0. The third-order valence-electron chi connectivity index (χ3n) is 3.19. The molecule has 0 radical (unpaired) electrons. The van der Waals surface area contributed by atoms with Gasteiger partial charge < -0.3 is 10.6 Å². The van der Waals surface area contributed by atoms with Crippen LogP contribution in [0.2, 0.25) is 0 Å². The van der Waals surface area contributed by atoms with Crippen molar-refractivity contribution in [2.45, 2.75) is 50.6 Å². The van der Waals surface area contributed by atoms with Gasteiger partial charge in [-0.1, -0.05) is 0 Å². The molecular formula is C10H20N2. The van der Waals surface area contributed by atoms with Crippen LogP contribution in [-0.4, -0.2) is 25.2 Å². The van der Waals surface area contributed by atoms with E-state index in [1.165, 1.54) is 51.6 Å². The van der Waals surface area contributed by atoms with Crippen LogP contribution < -0.4 is 10.6 Å². The van der Waals surface area contributed by atoms with Crippen LogP contribution in [0.25, 0.3) is 0 Å². The average Bonchev–Trinajstić information content (AvgIpc) is 2.74. The second kappa shape index (κ2) is 4.24. The Kier molecular flexibility index (Phi) is 3.01. The predicted molar refractivity (Wildman–Crippen MR) is 51.3 cm³/mol. The van der Waals surface area contributed by atoms with Gasteiger partial charge in [0, 0.05) is 12.1 Å². The fraction of sp³-hybridized carbons (Fsp3) is 1.00. The number of rotatable bonds is 3. The molecule has 2 heterocycles. The van der Waals surface area contributed by atoms with E-state index >= 15 is 0 Å². The van der Waals surface area contributed by atoms with Gasteiger partial charge in [0.1, 0.15) is 0 Å². The summed E-state index contributed by atoms with van der Waals surface area (Å²) in [7, 11) is 0. The van der Waals surface area contributed by atoms with Gasteiger partial charge in [-0.25, -0.2) is 0 Å². The predicted octanol–water partition coefficient (Wildman–Crippen LogP) is 1.27. The van der Waals surface area contributed by atoms with Crippen LogP contribution >= 0.6 is 0 Å². The third-order valence-corrected chi connectivity index (χ3v) is 3.19. The zero-order valence-corrected chi connectivity index (χ0v) is 7.81. The first-order valence-electron chi connectivity index (χ1n) is 5.42. The number of hydrogen-bond acceptors (Lipinski definition) is 2. The van der Waals surface area contributed by atoms with E-state index in [2.05, 4.69) is 10.6 Å². The molecule has 12 heavy (non-hydrogen) atoms. The summed E-state index contributed by atoms with van der Waals surface area (Å²) in [6.45, 7) is 2.51. The molecule has 2 N–H and O–H groups in total. The highest BCUT2D eigenvalue weighted by molar-refractivity contribution is 4.79. The quantitative estimate of drug-likeness (QED) is 0.663. The average molecular weight is 168 g/mol. The van der Waals surface area contributed by atoms with Crippen LogP contribution in [0, 0.1) is 0 Å². The van der Waals surface area contributed by atoms with Crippen molar-refractivity contribution < 1.29 is 0 Å². The first-order valence-corrected chi connectivity index (χ1v) is 5.42. The van der Waals surface area contributed by atoms with E-state index in [9.17, 15) is 0 Å². The number of nitrogens with one attached hydrogen (secondary N) is 2. The van der Waals surface area contributed by atoms with Crippen LogP contribution in [0.5, 0.6) is 0 Å². The maximum Gasteiger partial charge on any atom is 0.00681 e. The van der Waals surface area contributed by atoms with Crippen molar-refractivity contribution in [3.63, 3.8) is 0 Å². The first kappa shape index (κ1) is 8.52. The van der Waals surface area contributed by atoms with Gasteiger partial charge in [0.25, 0.3) is 0 Å². The van der Waals surface area contributed by atoms with Gasteiger partial charge in [0.15, 0.2) is 0 Å². The van der Waals surface area contributed by atoms with Crippen LogP contribution in [0.4, 0.5) is 0 Å². The molecule has 2 atom stereocenters. The summed E-state index contributed by atoms with van der Waals surface area (Å²) in [5.41, 5.74) is 0. The molecule has 0 unspecified atom stereocenters. The lowest BCUT2D eigenvalue weighted by atomic mass is 10.0. The van der Waals surface area contributed by atoms with Gasteiger partial charge in [0.2, 0.25) is 0 Å². The highest BCUT2D eigenvalue weighted by Crippen LogP contribution is 2.16. The molecule has 2 fully saturated rings. The summed E-state index contributed by atoms with van der Waals surface area (Å²) < 4.78 is 0. The molecule has 0 aliphatic carbocycles. The minimum Gasteiger partial charge on any atom is -0.314 e. The summed E-state index contributed by atoms with van der Waals surface area (Å²) >= 11 is 0. The molecule has 0 saturated carbocycles. The number of hydrogen-bond donors (Lipinski definition) is 2. The Morgan fingerprint density at radius 1 is 0.833 bits per heavy atom. The molecule has 0 spiro atoms. The molecule has 2 nitrogen and oxygen atoms in total. The Bertz CT molecular complexity index is 108. The largest absolute Gasteiger partial charge is 0.314 e. The molecule has 2 saturated heterocycles. The van der Waals surface area contributed by atoms with Crippen molar-refractivity contribution in [1.29, 1.82) is 0 Å². The van der Waals surface area contributed by atoms with Crippen LogP contribution in [0.3, 0.4) is 0 Å². The van der Waals surface area contributed by atoms with E-state index in [-0.39, 0.29) is 0 Å². The molecule has 2 aliphatic heterocycles. The zero-order valence-electron chi connectivity index (χ0n) is 7.81. The fourth-order valence-electron chi connectivity index (χ4n) is 2.41. The molecule has 70 valence electrons. The zero-order chi connectivity index (χ0) is 8.23. The van der Waals surface area contributed by atoms with Crippen molar-refractivity contribution >= 4 is 0 Å². The Labute approximate surface area is 75.1 Å². The molecular weight excluding hydrogens is 148 g/mol. The van der Waals surface area contributed by atoms with Crippen LogP contribution in [-0.2, 0) is 0 Å². The SMILES string of the molecule is C1CN[C@@H](CC[C@@H]2CCCN2)C1. The Balaban J connectivity index is 1.60. The molecule has 2 heteroatoms. The van der Waals surface area contributed by atoms with E-state index in [0.717, 1.165) is 12.1 Å². The fourth-order valence-corrected chi connectivity index (χ4v) is 2.41. The first-order chi connectivity index (χ1) is 5.95. The minimum atomic E-state index is 0.840. The van der Waals surface area contributed by atoms with Gasteiger partial charge in [-0.3, -0.25) is 0 Å². The summed E-state index contributed by atoms with van der Waals surface area (Å²) in [5, 5.41) is 7.11.